The van der Waals surface area contributed by atoms with E-state index in [1.807, 2.05) is 12.1 Å². The first-order valence-electron chi connectivity index (χ1n) is 7.15. The van der Waals surface area contributed by atoms with Crippen molar-refractivity contribution in [1.29, 1.82) is 5.26 Å². The number of nitrogens with one attached hydrogen (secondary N) is 1. The molecule has 3 heteroatoms. The first-order valence-corrected chi connectivity index (χ1v) is 7.52. The van der Waals surface area contributed by atoms with E-state index in [9.17, 15) is 0 Å². The van der Waals surface area contributed by atoms with Crippen LogP contribution in [0.15, 0.2) is 48.5 Å². The van der Waals surface area contributed by atoms with Gasteiger partial charge in [0.15, 0.2) is 0 Å². The fourth-order valence-corrected chi connectivity index (χ4v) is 2.42. The third-order valence-corrected chi connectivity index (χ3v) is 3.88. The van der Waals surface area contributed by atoms with Gasteiger partial charge in [0.2, 0.25) is 0 Å². The highest BCUT2D eigenvalue weighted by molar-refractivity contribution is 6.31. The lowest BCUT2D eigenvalue weighted by molar-refractivity contribution is 0.514. The van der Waals surface area contributed by atoms with Gasteiger partial charge in [-0.15, -0.1) is 0 Å². The predicted molar refractivity (Wildman–Crippen MR) is 87.2 cm³/mol. The van der Waals surface area contributed by atoms with Gasteiger partial charge in [-0.3, -0.25) is 0 Å². The zero-order chi connectivity index (χ0) is 15.1. The van der Waals surface area contributed by atoms with Gasteiger partial charge < -0.3 is 5.32 Å². The maximum atomic E-state index is 8.83. The topological polar surface area (TPSA) is 35.8 Å². The van der Waals surface area contributed by atoms with Crippen LogP contribution in [-0.2, 0) is 13.0 Å². The van der Waals surface area contributed by atoms with Crippen LogP contribution in [0.3, 0.4) is 0 Å². The van der Waals surface area contributed by atoms with Crippen LogP contribution in [-0.4, -0.2) is 6.04 Å². The lowest BCUT2D eigenvalue weighted by atomic mass is 10.1. The van der Waals surface area contributed by atoms with E-state index in [0.29, 0.717) is 16.6 Å². The Kier molecular flexibility index (Phi) is 5.80. The predicted octanol–water partition coefficient (Wildman–Crippen LogP) is 4.32. The lowest BCUT2D eigenvalue weighted by Crippen LogP contribution is -2.26. The molecule has 0 bridgehead atoms. The van der Waals surface area contributed by atoms with Crippen LogP contribution in [0.1, 0.15) is 30.0 Å². The van der Waals surface area contributed by atoms with Crippen LogP contribution in [0.25, 0.3) is 0 Å². The van der Waals surface area contributed by atoms with Gasteiger partial charge in [0.25, 0.3) is 0 Å². The maximum Gasteiger partial charge on any atom is 0.0992 e. The summed E-state index contributed by atoms with van der Waals surface area (Å²) in [4.78, 5) is 0. The van der Waals surface area contributed by atoms with Crippen molar-refractivity contribution < 1.29 is 0 Å². The molecule has 0 heterocycles. The smallest absolute Gasteiger partial charge is 0.0992 e. The van der Waals surface area contributed by atoms with Crippen LogP contribution >= 0.6 is 11.6 Å². The summed E-state index contributed by atoms with van der Waals surface area (Å²) in [5.74, 6) is 0. The summed E-state index contributed by atoms with van der Waals surface area (Å²) in [7, 11) is 0. The van der Waals surface area contributed by atoms with Crippen molar-refractivity contribution in [2.24, 2.45) is 0 Å². The van der Waals surface area contributed by atoms with Crippen LogP contribution in [0, 0.1) is 11.3 Å². The van der Waals surface area contributed by atoms with E-state index in [0.717, 1.165) is 24.9 Å². The molecule has 0 aromatic heterocycles. The number of rotatable bonds is 6. The number of hydrogen-bond donors (Lipinski definition) is 1. The number of halogens is 1. The van der Waals surface area contributed by atoms with Gasteiger partial charge in [0.1, 0.15) is 0 Å². The zero-order valence-electron chi connectivity index (χ0n) is 12.1. The number of nitriles is 1. The highest BCUT2D eigenvalue weighted by atomic mass is 35.5. The first-order chi connectivity index (χ1) is 10.2. The monoisotopic (exact) mass is 298 g/mol. The molecule has 1 unspecified atom stereocenters. The van der Waals surface area contributed by atoms with E-state index in [2.05, 4.69) is 42.6 Å². The first kappa shape index (κ1) is 15.6. The molecule has 2 nitrogen and oxygen atoms in total. The van der Waals surface area contributed by atoms with Gasteiger partial charge in [0.05, 0.1) is 11.6 Å². The Morgan fingerprint density at radius 2 is 1.95 bits per heavy atom. The second-order valence-electron chi connectivity index (χ2n) is 5.22. The van der Waals surface area contributed by atoms with Crippen molar-refractivity contribution in [3.63, 3.8) is 0 Å². The molecule has 21 heavy (non-hydrogen) atoms. The lowest BCUT2D eigenvalue weighted by Gasteiger charge is -2.14. The van der Waals surface area contributed by atoms with Gasteiger partial charge >= 0.3 is 0 Å². The zero-order valence-corrected chi connectivity index (χ0v) is 12.9. The summed E-state index contributed by atoms with van der Waals surface area (Å²) in [6.45, 7) is 2.90. The average molecular weight is 299 g/mol. The molecule has 2 rings (SSSR count). The van der Waals surface area contributed by atoms with Crippen molar-refractivity contribution in [1.82, 2.24) is 5.32 Å². The van der Waals surface area contributed by atoms with Crippen molar-refractivity contribution in [2.45, 2.75) is 32.4 Å². The van der Waals surface area contributed by atoms with E-state index >= 15 is 0 Å². The molecular formula is C18H19ClN2. The SMILES string of the molecule is CC(CCc1ccccc1)NCc1ccc(C#N)cc1Cl. The molecule has 0 fully saturated rings. The quantitative estimate of drug-likeness (QED) is 0.862. The summed E-state index contributed by atoms with van der Waals surface area (Å²) in [6.07, 6.45) is 2.15. The van der Waals surface area contributed by atoms with Gasteiger partial charge in [-0.05, 0) is 43.0 Å². The molecule has 0 saturated heterocycles. The molecule has 0 aliphatic carbocycles. The minimum absolute atomic E-state index is 0.414. The van der Waals surface area contributed by atoms with Crippen molar-refractivity contribution >= 4 is 11.6 Å². The summed E-state index contributed by atoms with van der Waals surface area (Å²) >= 11 is 6.17. The Morgan fingerprint density at radius 1 is 1.19 bits per heavy atom. The molecule has 2 aromatic carbocycles. The Morgan fingerprint density at radius 3 is 2.62 bits per heavy atom. The normalized spacial score (nSPS) is 11.9. The van der Waals surface area contributed by atoms with Crippen molar-refractivity contribution in [2.75, 3.05) is 0 Å². The Balaban J connectivity index is 1.81. The summed E-state index contributed by atoms with van der Waals surface area (Å²) in [5.41, 5.74) is 2.99. The Hall–Kier alpha value is -1.82. The molecule has 1 atom stereocenters. The van der Waals surface area contributed by atoms with Crippen molar-refractivity contribution in [3.8, 4) is 6.07 Å². The molecule has 2 aromatic rings. The summed E-state index contributed by atoms with van der Waals surface area (Å²) < 4.78 is 0. The minimum atomic E-state index is 0.414. The summed E-state index contributed by atoms with van der Waals surface area (Å²) in [6, 6.07) is 18.4. The number of benzene rings is 2. The third kappa shape index (κ3) is 4.90. The van der Waals surface area contributed by atoms with E-state index in [1.165, 1.54) is 5.56 Å². The molecule has 0 aliphatic heterocycles. The Labute approximate surface area is 131 Å². The Bertz CT molecular complexity index is 617. The average Bonchev–Trinajstić information content (AvgIpc) is 2.52. The minimum Gasteiger partial charge on any atom is -0.310 e. The van der Waals surface area contributed by atoms with Crippen LogP contribution in [0.2, 0.25) is 5.02 Å². The molecule has 0 radical (unpaired) electrons. The highest BCUT2D eigenvalue weighted by Crippen LogP contribution is 2.17. The molecule has 0 amide bonds. The van der Waals surface area contributed by atoms with Crippen LogP contribution in [0.4, 0.5) is 0 Å². The van der Waals surface area contributed by atoms with Gasteiger partial charge in [0, 0.05) is 17.6 Å². The van der Waals surface area contributed by atoms with E-state index in [-0.39, 0.29) is 0 Å². The molecule has 1 N–H and O–H groups in total. The number of aryl methyl sites for hydroxylation is 1. The fraction of sp³-hybridized carbons (Fsp3) is 0.278. The molecule has 0 saturated carbocycles. The van der Waals surface area contributed by atoms with Crippen LogP contribution in [0.5, 0.6) is 0 Å². The molecule has 0 spiro atoms. The van der Waals surface area contributed by atoms with Crippen molar-refractivity contribution in [3.05, 3.63) is 70.2 Å². The van der Waals surface area contributed by atoms with Gasteiger partial charge in [-0.1, -0.05) is 48.0 Å². The van der Waals surface area contributed by atoms with Gasteiger partial charge in [-0.2, -0.15) is 5.26 Å². The van der Waals surface area contributed by atoms with E-state index in [4.69, 9.17) is 16.9 Å². The third-order valence-electron chi connectivity index (χ3n) is 3.53. The van der Waals surface area contributed by atoms with E-state index in [1.54, 1.807) is 12.1 Å². The number of hydrogen-bond acceptors (Lipinski definition) is 2. The standard InChI is InChI=1S/C18H19ClN2/c1-14(7-8-15-5-3-2-4-6-15)21-13-17-10-9-16(12-20)11-18(17)19/h2-6,9-11,14,21H,7-8,13H2,1H3. The second-order valence-corrected chi connectivity index (χ2v) is 5.63. The molecular weight excluding hydrogens is 280 g/mol. The highest BCUT2D eigenvalue weighted by Gasteiger charge is 2.05. The van der Waals surface area contributed by atoms with Gasteiger partial charge in [-0.25, -0.2) is 0 Å². The largest absolute Gasteiger partial charge is 0.310 e. The fourth-order valence-electron chi connectivity index (χ4n) is 2.17. The number of nitrogens with zero attached hydrogens (tertiary/aromatic N) is 1. The second kappa shape index (κ2) is 7.83. The molecule has 108 valence electrons. The molecule has 0 aliphatic rings. The summed E-state index contributed by atoms with van der Waals surface area (Å²) in [5, 5.41) is 13.0. The van der Waals surface area contributed by atoms with E-state index < -0.39 is 0 Å². The maximum absolute atomic E-state index is 8.83. The van der Waals surface area contributed by atoms with Crippen LogP contribution < -0.4 is 5.32 Å².